The Labute approximate surface area is 110 Å². The van der Waals surface area contributed by atoms with Crippen LogP contribution in [0.3, 0.4) is 0 Å². The normalized spacial score (nSPS) is 12.2. The van der Waals surface area contributed by atoms with Gasteiger partial charge in [-0.15, -0.1) is 0 Å². The molecule has 0 rings (SSSR count). The summed E-state index contributed by atoms with van der Waals surface area (Å²) < 4.78 is 10.0. The van der Waals surface area contributed by atoms with Gasteiger partial charge in [-0.1, -0.05) is 6.92 Å². The van der Waals surface area contributed by atoms with Crippen molar-refractivity contribution >= 4 is 5.97 Å². The van der Waals surface area contributed by atoms with Crippen molar-refractivity contribution in [1.82, 2.24) is 0 Å². The molecule has 0 spiro atoms. The SMILES string of the molecule is CC(O)CO.CCCOCC(C)OC(C)=O.CO. The Hall–Kier alpha value is -0.690. The number of aliphatic hydroxyl groups is 3. The maximum absolute atomic E-state index is 10.4. The molecule has 6 nitrogen and oxygen atoms in total. The third-order valence-electron chi connectivity index (χ3n) is 1.33. The van der Waals surface area contributed by atoms with Gasteiger partial charge in [-0.2, -0.15) is 0 Å². The average molecular weight is 268 g/mol. The van der Waals surface area contributed by atoms with E-state index in [4.69, 9.17) is 24.8 Å². The summed E-state index contributed by atoms with van der Waals surface area (Å²) in [4.78, 5) is 10.4. The monoisotopic (exact) mass is 268 g/mol. The first-order valence-corrected chi connectivity index (χ1v) is 5.92. The Morgan fingerprint density at radius 2 is 1.72 bits per heavy atom. The molecular formula is C12H28O6. The minimum Gasteiger partial charge on any atom is -0.460 e. The number of hydrogen-bond donors (Lipinski definition) is 3. The third kappa shape index (κ3) is 29.5. The molecule has 0 aliphatic heterocycles. The van der Waals surface area contributed by atoms with E-state index >= 15 is 0 Å². The standard InChI is InChI=1S/C8H16O3.C3H8O2.CH4O/c1-4-5-10-6-7(2)11-8(3)9;1-3(5)2-4;1-2/h7H,4-6H2,1-3H3;3-5H,2H2,1H3;2H,1H3. The zero-order chi connectivity index (χ0) is 15.0. The summed E-state index contributed by atoms with van der Waals surface area (Å²) in [6.45, 7) is 7.86. The molecule has 3 N–H and O–H groups in total. The van der Waals surface area contributed by atoms with Crippen LogP contribution in [0.4, 0.5) is 0 Å². The van der Waals surface area contributed by atoms with Gasteiger partial charge in [0, 0.05) is 20.6 Å². The molecule has 0 aliphatic rings. The summed E-state index contributed by atoms with van der Waals surface area (Å²) in [6, 6.07) is 0. The largest absolute Gasteiger partial charge is 0.460 e. The van der Waals surface area contributed by atoms with Crippen molar-refractivity contribution in [2.24, 2.45) is 0 Å². The van der Waals surface area contributed by atoms with Gasteiger partial charge in [0.25, 0.3) is 0 Å². The fraction of sp³-hybridized carbons (Fsp3) is 0.917. The third-order valence-corrected chi connectivity index (χ3v) is 1.33. The molecule has 0 saturated heterocycles. The molecule has 6 heteroatoms. The highest BCUT2D eigenvalue weighted by atomic mass is 16.6. The zero-order valence-corrected chi connectivity index (χ0v) is 12.0. The van der Waals surface area contributed by atoms with E-state index in [-0.39, 0.29) is 18.7 Å². The summed E-state index contributed by atoms with van der Waals surface area (Å²) >= 11 is 0. The van der Waals surface area contributed by atoms with Crippen LogP contribution in [0.5, 0.6) is 0 Å². The summed E-state index contributed by atoms with van der Waals surface area (Å²) in [7, 11) is 1.00. The first kappa shape index (κ1) is 22.5. The smallest absolute Gasteiger partial charge is 0.302 e. The fourth-order valence-electron chi connectivity index (χ4n) is 0.711. The number of rotatable bonds is 6. The van der Waals surface area contributed by atoms with Crippen molar-refractivity contribution in [2.45, 2.75) is 46.3 Å². The van der Waals surface area contributed by atoms with Gasteiger partial charge in [0.15, 0.2) is 0 Å². The van der Waals surface area contributed by atoms with Crippen LogP contribution < -0.4 is 0 Å². The Morgan fingerprint density at radius 3 is 2.00 bits per heavy atom. The van der Waals surface area contributed by atoms with Gasteiger partial charge in [0.1, 0.15) is 6.10 Å². The average Bonchev–Trinajstić information content (AvgIpc) is 2.32. The molecule has 0 aromatic carbocycles. The lowest BCUT2D eigenvalue weighted by molar-refractivity contribution is -0.148. The van der Waals surface area contributed by atoms with E-state index in [1.54, 1.807) is 0 Å². The highest BCUT2D eigenvalue weighted by Crippen LogP contribution is 1.92. The van der Waals surface area contributed by atoms with E-state index in [0.29, 0.717) is 6.61 Å². The second-order valence-electron chi connectivity index (χ2n) is 3.53. The van der Waals surface area contributed by atoms with Gasteiger partial charge >= 0.3 is 5.97 Å². The second kappa shape index (κ2) is 18.7. The van der Waals surface area contributed by atoms with Gasteiger partial charge in [0.05, 0.1) is 19.3 Å². The van der Waals surface area contributed by atoms with E-state index in [1.807, 2.05) is 13.8 Å². The Bertz CT molecular complexity index is 161. The van der Waals surface area contributed by atoms with E-state index in [2.05, 4.69) is 0 Å². The molecule has 0 bridgehead atoms. The minimum atomic E-state index is -0.560. The van der Waals surface area contributed by atoms with Crippen LogP contribution in [0.15, 0.2) is 0 Å². The van der Waals surface area contributed by atoms with Crippen molar-refractivity contribution < 1.29 is 29.6 Å². The summed E-state index contributed by atoms with van der Waals surface area (Å²) in [5.41, 5.74) is 0. The molecule has 0 heterocycles. The van der Waals surface area contributed by atoms with Gasteiger partial charge in [0.2, 0.25) is 0 Å². The van der Waals surface area contributed by atoms with E-state index < -0.39 is 6.10 Å². The van der Waals surface area contributed by atoms with Crippen LogP contribution in [0.2, 0.25) is 0 Å². The molecule has 112 valence electrons. The lowest BCUT2D eigenvalue weighted by atomic mass is 10.4. The van der Waals surface area contributed by atoms with Gasteiger partial charge < -0.3 is 24.8 Å². The zero-order valence-electron chi connectivity index (χ0n) is 12.0. The Balaban J connectivity index is -0.000000270. The molecule has 2 atom stereocenters. The van der Waals surface area contributed by atoms with E-state index in [0.717, 1.165) is 20.1 Å². The van der Waals surface area contributed by atoms with Crippen LogP contribution >= 0.6 is 0 Å². The predicted octanol–water partition coefficient (Wildman–Crippen LogP) is 0.333. The molecule has 18 heavy (non-hydrogen) atoms. The number of aliphatic hydroxyl groups excluding tert-OH is 3. The molecule has 0 aromatic rings. The second-order valence-corrected chi connectivity index (χ2v) is 3.53. The number of ether oxygens (including phenoxy) is 2. The number of hydrogen-bond acceptors (Lipinski definition) is 6. The highest BCUT2D eigenvalue weighted by Gasteiger charge is 2.03. The van der Waals surface area contributed by atoms with E-state index in [9.17, 15) is 4.79 Å². The molecule has 0 amide bonds. The van der Waals surface area contributed by atoms with Crippen molar-refractivity contribution in [3.05, 3.63) is 0 Å². The number of carbonyl (C=O) groups is 1. The Kier molecular flexibility index (Phi) is 23.3. The minimum absolute atomic E-state index is 0.126. The summed E-state index contributed by atoms with van der Waals surface area (Å²) in [5.74, 6) is -0.252. The number of carbonyl (C=O) groups excluding carboxylic acids is 1. The van der Waals surface area contributed by atoms with Crippen molar-refractivity contribution in [1.29, 1.82) is 0 Å². The maximum atomic E-state index is 10.4. The molecule has 0 aliphatic carbocycles. The molecule has 0 fully saturated rings. The van der Waals surface area contributed by atoms with Crippen molar-refractivity contribution in [3.8, 4) is 0 Å². The topological polar surface area (TPSA) is 96.2 Å². The van der Waals surface area contributed by atoms with Gasteiger partial charge in [-0.25, -0.2) is 0 Å². The molecule has 0 saturated carbocycles. The molecule has 2 unspecified atom stereocenters. The first-order chi connectivity index (χ1) is 8.43. The van der Waals surface area contributed by atoms with Crippen LogP contribution in [-0.2, 0) is 14.3 Å². The van der Waals surface area contributed by atoms with Crippen molar-refractivity contribution in [2.75, 3.05) is 26.9 Å². The van der Waals surface area contributed by atoms with Crippen LogP contribution in [0, 0.1) is 0 Å². The maximum Gasteiger partial charge on any atom is 0.302 e. The molecule has 0 aromatic heterocycles. The van der Waals surface area contributed by atoms with Gasteiger partial charge in [-0.05, 0) is 20.3 Å². The fourth-order valence-corrected chi connectivity index (χ4v) is 0.711. The van der Waals surface area contributed by atoms with Crippen LogP contribution in [-0.4, -0.2) is 60.4 Å². The molecule has 0 radical (unpaired) electrons. The quantitative estimate of drug-likeness (QED) is 0.474. The summed E-state index contributed by atoms with van der Waals surface area (Å²) in [6.07, 6.45) is 0.307. The predicted molar refractivity (Wildman–Crippen MR) is 69.2 cm³/mol. The summed E-state index contributed by atoms with van der Waals surface area (Å²) in [5, 5.41) is 23.0. The highest BCUT2D eigenvalue weighted by molar-refractivity contribution is 5.66. The molecular weight excluding hydrogens is 240 g/mol. The van der Waals surface area contributed by atoms with Gasteiger partial charge in [-0.3, -0.25) is 4.79 Å². The van der Waals surface area contributed by atoms with Crippen molar-refractivity contribution in [3.63, 3.8) is 0 Å². The lowest BCUT2D eigenvalue weighted by Gasteiger charge is -2.11. The number of esters is 1. The van der Waals surface area contributed by atoms with Crippen LogP contribution in [0.1, 0.15) is 34.1 Å². The first-order valence-electron chi connectivity index (χ1n) is 5.92. The lowest BCUT2D eigenvalue weighted by Crippen LogP contribution is -2.18. The van der Waals surface area contributed by atoms with E-state index in [1.165, 1.54) is 13.8 Å². The Morgan fingerprint density at radius 1 is 1.28 bits per heavy atom. The van der Waals surface area contributed by atoms with Crippen LogP contribution in [0.25, 0.3) is 0 Å².